The van der Waals surface area contributed by atoms with Gasteiger partial charge in [0.1, 0.15) is 17.6 Å². The Morgan fingerprint density at radius 1 is 1.11 bits per heavy atom. The van der Waals surface area contributed by atoms with E-state index in [1.54, 1.807) is 18.2 Å². The molecule has 1 N–H and O–H groups in total. The van der Waals surface area contributed by atoms with E-state index >= 15 is 4.39 Å². The number of nitriles is 1. The van der Waals surface area contributed by atoms with Gasteiger partial charge in [0.25, 0.3) is 0 Å². The second kappa shape index (κ2) is 10.4. The zero-order valence-electron chi connectivity index (χ0n) is 20.6. The van der Waals surface area contributed by atoms with E-state index in [9.17, 15) is 14.0 Å². The Kier molecular flexibility index (Phi) is 7.34. The summed E-state index contributed by atoms with van der Waals surface area (Å²) in [7, 11) is 0. The van der Waals surface area contributed by atoms with Crippen molar-refractivity contribution in [2.24, 2.45) is 0 Å². The van der Waals surface area contributed by atoms with E-state index in [0.717, 1.165) is 25.1 Å². The molecular formula is C27H28F3N5O. The SMILES string of the molecule is CCC(CC)c1ccc(Nc2ncc(F)c(-c3cc(F)c4c(c3)N(C(C)C)CC(C#N)O4)n2)cc1F. The van der Waals surface area contributed by atoms with Gasteiger partial charge in [0.2, 0.25) is 12.1 Å². The van der Waals surface area contributed by atoms with Crippen LogP contribution in [0.3, 0.4) is 0 Å². The molecule has 0 amide bonds. The summed E-state index contributed by atoms with van der Waals surface area (Å²) in [4.78, 5) is 10.1. The molecule has 1 atom stereocenters. The average molecular weight is 496 g/mol. The largest absolute Gasteiger partial charge is 0.468 e. The standard InChI is InChI=1S/C27H28F3N5O/c1-5-16(6-2)20-8-7-18(11-21(20)28)33-27-32-13-23(30)25(34-27)17-9-22(29)26-24(10-17)35(15(3)4)14-19(12-31)36-26/h7-11,13,15-16,19H,5-6,14H2,1-4H3,(H,32,33,34). The van der Waals surface area contributed by atoms with Crippen LogP contribution >= 0.6 is 0 Å². The minimum absolute atomic E-state index is 0.0423. The minimum atomic E-state index is -0.816. The maximum absolute atomic E-state index is 15.1. The van der Waals surface area contributed by atoms with Crippen LogP contribution < -0.4 is 15.0 Å². The summed E-state index contributed by atoms with van der Waals surface area (Å²) >= 11 is 0. The quantitative estimate of drug-likeness (QED) is 0.393. The van der Waals surface area contributed by atoms with Gasteiger partial charge in [0.15, 0.2) is 17.4 Å². The Morgan fingerprint density at radius 3 is 2.50 bits per heavy atom. The fraction of sp³-hybridized carbons (Fsp3) is 0.370. The smallest absolute Gasteiger partial charge is 0.227 e. The van der Waals surface area contributed by atoms with E-state index in [1.807, 2.05) is 38.7 Å². The molecule has 1 aliphatic heterocycles. The monoisotopic (exact) mass is 495 g/mol. The fourth-order valence-corrected chi connectivity index (χ4v) is 4.48. The maximum atomic E-state index is 15.1. The Balaban J connectivity index is 1.68. The van der Waals surface area contributed by atoms with Crippen LogP contribution in [0.5, 0.6) is 5.75 Å². The molecule has 1 unspecified atom stereocenters. The van der Waals surface area contributed by atoms with Crippen molar-refractivity contribution in [3.05, 3.63) is 59.5 Å². The first-order chi connectivity index (χ1) is 17.2. The van der Waals surface area contributed by atoms with Gasteiger partial charge < -0.3 is 15.0 Å². The molecule has 0 fully saturated rings. The van der Waals surface area contributed by atoms with Crippen molar-refractivity contribution < 1.29 is 17.9 Å². The Morgan fingerprint density at radius 2 is 1.86 bits per heavy atom. The zero-order valence-corrected chi connectivity index (χ0v) is 20.6. The van der Waals surface area contributed by atoms with Gasteiger partial charge in [-0.3, -0.25) is 0 Å². The number of ether oxygens (including phenoxy) is 1. The summed E-state index contributed by atoms with van der Waals surface area (Å²) in [5.74, 6) is -1.67. The minimum Gasteiger partial charge on any atom is -0.468 e. The highest BCUT2D eigenvalue weighted by Crippen LogP contribution is 2.40. The number of fused-ring (bicyclic) bond motifs is 1. The van der Waals surface area contributed by atoms with Crippen molar-refractivity contribution in [1.29, 1.82) is 5.26 Å². The molecule has 0 spiro atoms. The van der Waals surface area contributed by atoms with Gasteiger partial charge in [0.05, 0.1) is 18.4 Å². The molecule has 2 aromatic carbocycles. The summed E-state index contributed by atoms with van der Waals surface area (Å²) in [6, 6.07) is 9.49. The maximum Gasteiger partial charge on any atom is 0.227 e. The molecule has 9 heteroatoms. The average Bonchev–Trinajstić information content (AvgIpc) is 2.86. The Labute approximate surface area is 208 Å². The summed E-state index contributed by atoms with van der Waals surface area (Å²) in [6.07, 6.45) is 1.83. The molecule has 1 aliphatic rings. The van der Waals surface area contributed by atoms with Gasteiger partial charge in [-0.1, -0.05) is 19.9 Å². The number of benzene rings is 2. The topological polar surface area (TPSA) is 74.1 Å². The first-order valence-corrected chi connectivity index (χ1v) is 12.0. The van der Waals surface area contributed by atoms with Crippen LogP contribution in [0.1, 0.15) is 52.0 Å². The summed E-state index contributed by atoms with van der Waals surface area (Å²) in [6.45, 7) is 8.11. The van der Waals surface area contributed by atoms with Crippen LogP contribution in [0.15, 0.2) is 36.5 Å². The Bertz CT molecular complexity index is 1300. The lowest BCUT2D eigenvalue weighted by Gasteiger charge is -2.37. The number of hydrogen-bond acceptors (Lipinski definition) is 6. The lowest BCUT2D eigenvalue weighted by atomic mass is 9.93. The number of hydrogen-bond donors (Lipinski definition) is 1. The number of nitrogens with one attached hydrogen (secondary N) is 1. The van der Waals surface area contributed by atoms with Gasteiger partial charge in [-0.15, -0.1) is 0 Å². The van der Waals surface area contributed by atoms with E-state index in [4.69, 9.17) is 4.74 Å². The Hall–Kier alpha value is -3.80. The normalized spacial score (nSPS) is 15.0. The fourth-order valence-electron chi connectivity index (χ4n) is 4.48. The van der Waals surface area contributed by atoms with Gasteiger partial charge >= 0.3 is 0 Å². The highest BCUT2D eigenvalue weighted by Gasteiger charge is 2.31. The van der Waals surface area contributed by atoms with Crippen molar-refractivity contribution in [2.75, 3.05) is 16.8 Å². The summed E-state index contributed by atoms with van der Waals surface area (Å²) in [5, 5.41) is 12.2. The first kappa shape index (κ1) is 25.3. The van der Waals surface area contributed by atoms with E-state index < -0.39 is 17.7 Å². The highest BCUT2D eigenvalue weighted by atomic mass is 19.1. The van der Waals surface area contributed by atoms with Crippen LogP contribution in [0.25, 0.3) is 11.3 Å². The lowest BCUT2D eigenvalue weighted by Crippen LogP contribution is -2.43. The van der Waals surface area contributed by atoms with Crippen molar-refractivity contribution >= 4 is 17.3 Å². The number of rotatable bonds is 7. The second-order valence-corrected chi connectivity index (χ2v) is 9.05. The molecule has 0 radical (unpaired) electrons. The van der Waals surface area contributed by atoms with E-state index in [0.29, 0.717) is 16.9 Å². The highest BCUT2D eigenvalue weighted by molar-refractivity contribution is 5.73. The molecule has 1 aromatic heterocycles. The van der Waals surface area contributed by atoms with Crippen LogP contribution in [0.4, 0.5) is 30.5 Å². The van der Waals surface area contributed by atoms with E-state index in [-0.39, 0.29) is 47.3 Å². The number of aromatic nitrogens is 2. The van der Waals surface area contributed by atoms with Crippen LogP contribution in [0, 0.1) is 28.8 Å². The van der Waals surface area contributed by atoms with Crippen molar-refractivity contribution in [2.45, 2.75) is 58.6 Å². The third-order valence-corrected chi connectivity index (χ3v) is 6.42. The molecule has 0 saturated heterocycles. The third kappa shape index (κ3) is 4.94. The predicted molar refractivity (Wildman–Crippen MR) is 133 cm³/mol. The molecule has 0 saturated carbocycles. The summed E-state index contributed by atoms with van der Waals surface area (Å²) < 4.78 is 50.1. The second-order valence-electron chi connectivity index (χ2n) is 9.05. The van der Waals surface area contributed by atoms with Crippen molar-refractivity contribution in [3.8, 4) is 23.1 Å². The van der Waals surface area contributed by atoms with Gasteiger partial charge in [-0.25, -0.2) is 23.1 Å². The van der Waals surface area contributed by atoms with Gasteiger partial charge in [-0.2, -0.15) is 5.26 Å². The van der Waals surface area contributed by atoms with E-state index in [2.05, 4.69) is 15.3 Å². The molecule has 36 heavy (non-hydrogen) atoms. The molecular weight excluding hydrogens is 467 g/mol. The molecule has 3 aromatic rings. The van der Waals surface area contributed by atoms with E-state index in [1.165, 1.54) is 6.07 Å². The summed E-state index contributed by atoms with van der Waals surface area (Å²) in [5.41, 5.74) is 1.55. The molecule has 2 heterocycles. The zero-order chi connectivity index (χ0) is 26.0. The predicted octanol–water partition coefficient (Wildman–Crippen LogP) is 6.71. The number of anilines is 3. The van der Waals surface area contributed by atoms with Crippen molar-refractivity contribution in [3.63, 3.8) is 0 Å². The number of halogens is 3. The molecule has 0 bridgehead atoms. The number of nitrogens with zero attached hydrogens (tertiary/aromatic N) is 4. The first-order valence-electron chi connectivity index (χ1n) is 12.0. The molecule has 4 rings (SSSR count). The third-order valence-electron chi connectivity index (χ3n) is 6.42. The molecule has 188 valence electrons. The van der Waals surface area contributed by atoms with Crippen LogP contribution in [-0.4, -0.2) is 28.7 Å². The lowest BCUT2D eigenvalue weighted by molar-refractivity contribution is 0.230. The van der Waals surface area contributed by atoms with Crippen molar-refractivity contribution in [1.82, 2.24) is 9.97 Å². The van der Waals surface area contributed by atoms with Crippen LogP contribution in [0.2, 0.25) is 0 Å². The van der Waals surface area contributed by atoms with Crippen LogP contribution in [-0.2, 0) is 0 Å². The van der Waals surface area contributed by atoms with Gasteiger partial charge in [-0.05, 0) is 62.4 Å². The molecule has 0 aliphatic carbocycles. The van der Waals surface area contributed by atoms with Gasteiger partial charge in [0, 0.05) is 17.3 Å². The molecule has 6 nitrogen and oxygen atoms in total.